The second-order valence-electron chi connectivity index (χ2n) is 15.1. The quantitative estimate of drug-likeness (QED) is 0.117. The number of halogens is 2. The summed E-state index contributed by atoms with van der Waals surface area (Å²) in [6.07, 6.45) is 7.47. The smallest absolute Gasteiger partial charge is 0.387 e. The number of anilines is 2. The molecule has 4 heterocycles. The van der Waals surface area contributed by atoms with E-state index in [1.165, 1.54) is 22.9 Å². The van der Waals surface area contributed by atoms with Crippen LogP contribution in [-0.2, 0) is 22.8 Å². The van der Waals surface area contributed by atoms with Gasteiger partial charge in [0.25, 0.3) is 0 Å². The van der Waals surface area contributed by atoms with Gasteiger partial charge in [0, 0.05) is 57.1 Å². The van der Waals surface area contributed by atoms with E-state index < -0.39 is 17.6 Å². The number of amides is 2. The molecule has 0 aliphatic carbocycles. The molecular formula is C42H50F2N10O4S. The summed E-state index contributed by atoms with van der Waals surface area (Å²) in [6.45, 7) is 4.44. The van der Waals surface area contributed by atoms with Crippen LogP contribution in [0.3, 0.4) is 0 Å². The maximum atomic E-state index is 13.8. The molecule has 2 N–H and O–H groups in total. The van der Waals surface area contributed by atoms with E-state index in [0.29, 0.717) is 65.6 Å². The molecule has 0 radical (unpaired) electrons. The Kier molecular flexibility index (Phi) is 14.6. The van der Waals surface area contributed by atoms with Gasteiger partial charge >= 0.3 is 12.6 Å². The van der Waals surface area contributed by atoms with Crippen LogP contribution in [0.4, 0.5) is 25.3 Å². The van der Waals surface area contributed by atoms with Crippen LogP contribution < -0.4 is 20.3 Å². The van der Waals surface area contributed by atoms with Gasteiger partial charge in [-0.3, -0.25) is 14.5 Å². The van der Waals surface area contributed by atoms with Gasteiger partial charge in [-0.25, -0.2) is 23.3 Å². The lowest BCUT2D eigenvalue weighted by molar-refractivity contribution is -0.107. The number of urea groups is 1. The van der Waals surface area contributed by atoms with Crippen molar-refractivity contribution in [2.24, 2.45) is 13.0 Å². The minimum atomic E-state index is -2.95. The average Bonchev–Trinajstić information content (AvgIpc) is 3.57. The number of ether oxygens (including phenoxy) is 1. The molecule has 2 aromatic heterocycles. The van der Waals surface area contributed by atoms with E-state index in [1.54, 1.807) is 29.9 Å². The Morgan fingerprint density at radius 1 is 1.07 bits per heavy atom. The van der Waals surface area contributed by atoms with Gasteiger partial charge in [-0.2, -0.15) is 19.1 Å². The molecule has 312 valence electrons. The summed E-state index contributed by atoms with van der Waals surface area (Å²) in [5, 5.41) is 21.3. The maximum absolute atomic E-state index is 13.8. The van der Waals surface area contributed by atoms with E-state index in [2.05, 4.69) is 79.2 Å². The van der Waals surface area contributed by atoms with Crippen LogP contribution in [0.1, 0.15) is 75.0 Å². The fourth-order valence-electron chi connectivity index (χ4n) is 7.67. The molecule has 0 bridgehead atoms. The zero-order chi connectivity index (χ0) is 42.1. The second-order valence-corrected chi connectivity index (χ2v) is 16.6. The Balaban J connectivity index is 1.10. The van der Waals surface area contributed by atoms with Gasteiger partial charge in [0.2, 0.25) is 5.95 Å². The number of nitrogens with one attached hydrogen (secondary N) is 2. The summed E-state index contributed by atoms with van der Waals surface area (Å²) in [5.74, 6) is 8.26. The maximum Gasteiger partial charge on any atom is 0.387 e. The van der Waals surface area contributed by atoms with Crippen molar-refractivity contribution in [2.75, 3.05) is 50.0 Å². The lowest BCUT2D eigenvalue weighted by atomic mass is 9.87. The van der Waals surface area contributed by atoms with Crippen molar-refractivity contribution in [1.82, 2.24) is 34.3 Å². The first kappa shape index (κ1) is 43.1. The number of rotatable bonds is 14. The predicted octanol–water partition coefficient (Wildman–Crippen LogP) is 5.82. The summed E-state index contributed by atoms with van der Waals surface area (Å²) >= 11 is 0. The number of carbonyl (C=O) groups excluding carboxylic acids is 2. The van der Waals surface area contributed by atoms with Gasteiger partial charge in [-0.1, -0.05) is 31.8 Å². The highest BCUT2D eigenvalue weighted by atomic mass is 32.2. The lowest BCUT2D eigenvalue weighted by Crippen LogP contribution is -2.41. The molecule has 2 saturated heterocycles. The van der Waals surface area contributed by atoms with Gasteiger partial charge in [-0.15, -0.1) is 0 Å². The minimum Gasteiger partial charge on any atom is -0.432 e. The van der Waals surface area contributed by atoms with Crippen LogP contribution in [0.25, 0.3) is 10.9 Å². The highest BCUT2D eigenvalue weighted by Crippen LogP contribution is 2.34. The Hall–Kier alpha value is -5.49. The molecule has 17 heteroatoms. The van der Waals surface area contributed by atoms with Crippen LogP contribution in [-0.4, -0.2) is 104 Å². The van der Waals surface area contributed by atoms with Crippen molar-refractivity contribution in [1.29, 1.82) is 5.26 Å². The zero-order valence-corrected chi connectivity index (χ0v) is 34.6. The largest absolute Gasteiger partial charge is 0.432 e. The first-order valence-electron chi connectivity index (χ1n) is 19.9. The van der Waals surface area contributed by atoms with Crippen LogP contribution >= 0.6 is 0 Å². The number of aldehydes is 1. The molecule has 2 amide bonds. The first-order chi connectivity index (χ1) is 28.5. The van der Waals surface area contributed by atoms with Crippen LogP contribution in [0.5, 0.6) is 5.75 Å². The number of hydrogen-bond acceptors (Lipinski definition) is 10. The standard InChI is InChI=1S/C42H50F2N10O4S/c1-28(2)22-34(52-17-12-29(13-18-52)31-8-11-37-38(24-31)51(4)50-39(37)54(16-5-21-55)42(56)46-3)9-6-30-23-36(10-7-32(30)25-45)59(57)53-19-14-33(15-20-53)49-41-47-26-35(27-48-41)58-40(43)44/h7-8,10-11,21,23-24,26-29,33-34,40H,5,12-20,22H2,1-4H3,(H,46,56)(H,47,48,49). The molecular weight excluding hydrogens is 779 g/mol. The molecule has 6 rings (SSSR count). The number of likely N-dealkylation sites (tertiary alicyclic amines) is 1. The van der Waals surface area contributed by atoms with E-state index in [0.717, 1.165) is 49.5 Å². The first-order valence-corrected chi connectivity index (χ1v) is 21.0. The van der Waals surface area contributed by atoms with Crippen LogP contribution in [0.2, 0.25) is 0 Å². The number of aromatic nitrogens is 4. The van der Waals surface area contributed by atoms with Gasteiger partial charge in [-0.05, 0) is 92.9 Å². The van der Waals surface area contributed by atoms with E-state index in [9.17, 15) is 27.8 Å². The Morgan fingerprint density at radius 2 is 1.80 bits per heavy atom. The van der Waals surface area contributed by atoms with Crippen molar-refractivity contribution in [3.05, 3.63) is 65.5 Å². The van der Waals surface area contributed by atoms with Crippen LogP contribution in [0, 0.1) is 29.1 Å². The molecule has 0 saturated carbocycles. The molecule has 2 aromatic carbocycles. The number of hydrogen-bond donors (Lipinski definition) is 2. The molecule has 2 fully saturated rings. The summed E-state index contributed by atoms with van der Waals surface area (Å²) in [6, 6.07) is 13.4. The third kappa shape index (κ3) is 10.8. The fraction of sp³-hybridized carbons (Fsp3) is 0.476. The van der Waals surface area contributed by atoms with Gasteiger partial charge in [0.1, 0.15) is 23.3 Å². The monoisotopic (exact) mass is 828 g/mol. The molecule has 2 unspecified atom stereocenters. The topological polar surface area (TPSA) is 162 Å². The Morgan fingerprint density at radius 3 is 2.44 bits per heavy atom. The molecule has 0 spiro atoms. The third-order valence-corrected chi connectivity index (χ3v) is 12.2. The number of fused-ring (bicyclic) bond motifs is 1. The van der Waals surface area contributed by atoms with E-state index in [-0.39, 0.29) is 36.8 Å². The number of benzene rings is 2. The summed E-state index contributed by atoms with van der Waals surface area (Å²) in [7, 11) is 1.96. The predicted molar refractivity (Wildman–Crippen MR) is 221 cm³/mol. The van der Waals surface area contributed by atoms with E-state index in [4.69, 9.17) is 0 Å². The number of aryl methyl sites for hydroxylation is 1. The highest BCUT2D eigenvalue weighted by molar-refractivity contribution is 7.82. The van der Waals surface area contributed by atoms with Gasteiger partial charge in [0.05, 0.1) is 34.4 Å². The van der Waals surface area contributed by atoms with Crippen molar-refractivity contribution < 1.29 is 27.3 Å². The molecule has 2 atom stereocenters. The molecule has 59 heavy (non-hydrogen) atoms. The van der Waals surface area contributed by atoms with Crippen LogP contribution in [0.15, 0.2) is 53.7 Å². The third-order valence-electron chi connectivity index (χ3n) is 10.7. The highest BCUT2D eigenvalue weighted by Gasteiger charge is 2.28. The average molecular weight is 829 g/mol. The molecule has 4 aromatic rings. The lowest BCUT2D eigenvalue weighted by Gasteiger charge is -2.36. The van der Waals surface area contributed by atoms with E-state index in [1.807, 2.05) is 17.4 Å². The summed E-state index contributed by atoms with van der Waals surface area (Å²) < 4.78 is 46.7. The van der Waals surface area contributed by atoms with Crippen molar-refractivity contribution in [3.8, 4) is 23.7 Å². The number of nitriles is 1. The normalized spacial score (nSPS) is 16.6. The van der Waals surface area contributed by atoms with Crippen molar-refractivity contribution >= 4 is 46.0 Å². The Labute approximate surface area is 345 Å². The Bertz CT molecular complexity index is 2220. The zero-order valence-electron chi connectivity index (χ0n) is 33.7. The van der Waals surface area contributed by atoms with Gasteiger partial charge < -0.3 is 20.2 Å². The summed E-state index contributed by atoms with van der Waals surface area (Å²) in [5.41, 5.74) is 3.12. The number of alkyl halides is 2. The second kappa shape index (κ2) is 20.0. The van der Waals surface area contributed by atoms with Crippen molar-refractivity contribution in [3.63, 3.8) is 0 Å². The molecule has 2 aliphatic heterocycles. The summed E-state index contributed by atoms with van der Waals surface area (Å²) in [4.78, 5) is 36.4. The number of carbonyl (C=O) groups is 2. The SMILES string of the molecule is CNC(=O)N(CCC=O)c1nn(C)c2cc(C3CCN(C(C#Cc4cc(S(=O)N5CCC(Nc6ncc(OC(F)F)cn6)CC5)ccc4C#N)CC(C)C)CC3)ccc12. The number of piperidine rings is 2. The number of nitrogens with zero attached hydrogens (tertiary/aromatic N) is 8. The minimum absolute atomic E-state index is 0.0155. The van der Waals surface area contributed by atoms with Gasteiger partial charge in [0.15, 0.2) is 11.6 Å². The van der Waals surface area contributed by atoms with E-state index >= 15 is 0 Å². The fourth-order valence-corrected chi connectivity index (χ4v) is 8.91. The van der Waals surface area contributed by atoms with Crippen molar-refractivity contribution in [2.45, 2.75) is 81.9 Å². The molecule has 2 aliphatic rings. The molecule has 14 nitrogen and oxygen atoms in total.